The highest BCUT2D eigenvalue weighted by Crippen LogP contribution is 2.51. The minimum Gasteiger partial charge on any atom is -0.439 e. The first-order valence-corrected chi connectivity index (χ1v) is 18.5. The highest BCUT2D eigenvalue weighted by Gasteiger charge is 2.62. The summed E-state index contributed by atoms with van der Waals surface area (Å²) in [5.41, 5.74) is 0. The molecular weight excluding hydrogens is 675 g/mol. The van der Waals surface area contributed by atoms with E-state index in [1.54, 1.807) is 20.8 Å². The van der Waals surface area contributed by atoms with Crippen LogP contribution in [0.3, 0.4) is 0 Å². The van der Waals surface area contributed by atoms with E-state index in [-0.39, 0.29) is 19.6 Å². The van der Waals surface area contributed by atoms with Crippen molar-refractivity contribution in [2.75, 3.05) is 19.6 Å². The molecule has 0 aliphatic heterocycles. The van der Waals surface area contributed by atoms with Crippen LogP contribution >= 0.6 is 23.5 Å². The topological polar surface area (TPSA) is 315 Å². The number of nitrogens with one attached hydrogen (secondary N) is 3. The predicted molar refractivity (Wildman–Crippen MR) is 150 cm³/mol. The van der Waals surface area contributed by atoms with Crippen molar-refractivity contribution >= 4 is 41.7 Å². The second-order valence-electron chi connectivity index (χ2n) is 9.63. The zero-order valence-corrected chi connectivity index (χ0v) is 27.4. The fourth-order valence-electron chi connectivity index (χ4n) is 3.96. The van der Waals surface area contributed by atoms with Crippen LogP contribution in [0.5, 0.6) is 0 Å². The van der Waals surface area contributed by atoms with Crippen LogP contribution in [0, 0.1) is 0 Å². The van der Waals surface area contributed by atoms with Crippen LogP contribution < -0.4 is 16.0 Å². The van der Waals surface area contributed by atoms with Crippen LogP contribution in [-0.4, -0.2) is 104 Å². The van der Waals surface area contributed by atoms with Crippen molar-refractivity contribution in [3.63, 3.8) is 0 Å². The second-order valence-corrected chi connectivity index (χ2v) is 13.2. The van der Waals surface area contributed by atoms with Crippen molar-refractivity contribution in [1.82, 2.24) is 16.0 Å². The number of ether oxygens (including phenoxy) is 3. The number of alkyl carbamates (subject to hydrolysis) is 3. The number of carbonyl (C=O) groups is 3. The van der Waals surface area contributed by atoms with Gasteiger partial charge in [0.25, 0.3) is 0 Å². The number of amides is 3. The van der Waals surface area contributed by atoms with Gasteiger partial charge in [-0.2, -0.15) is 0 Å². The maximum atomic E-state index is 12.8. The quantitative estimate of drug-likeness (QED) is 0.0545. The average molecular weight is 717 g/mol. The molecule has 0 aromatic heterocycles. The first kappa shape index (κ1) is 41.2. The molecule has 0 radical (unpaired) electrons. The zero-order chi connectivity index (χ0) is 34.4. The summed E-state index contributed by atoms with van der Waals surface area (Å²) in [6.07, 6.45) is -15.5. The maximum absolute atomic E-state index is 12.8. The Balaban J connectivity index is 3.88. The van der Waals surface area contributed by atoms with Crippen LogP contribution in [0.15, 0.2) is 0 Å². The number of unbranched alkanes of at least 4 members (excludes halogenated alkanes) is 3. The van der Waals surface area contributed by atoms with E-state index < -0.39 is 78.4 Å². The predicted octanol–water partition coefficient (Wildman–Crippen LogP) is 1.12. The zero-order valence-electron chi connectivity index (χ0n) is 24.8. The lowest BCUT2D eigenvalue weighted by molar-refractivity contribution is -0.211. The van der Waals surface area contributed by atoms with Crippen molar-refractivity contribution in [3.05, 3.63) is 0 Å². The summed E-state index contributed by atoms with van der Waals surface area (Å²) in [5.74, 6) is 0. The van der Waals surface area contributed by atoms with Crippen molar-refractivity contribution in [2.24, 2.45) is 0 Å². The molecular formula is C21H42N3O18P3. The fourth-order valence-corrected chi connectivity index (χ4v) is 5.63. The van der Waals surface area contributed by atoms with Crippen molar-refractivity contribution < 1.29 is 85.2 Å². The number of hydrogen-bond acceptors (Lipinski definition) is 12. The molecule has 21 nitrogen and oxygen atoms in total. The molecule has 1 aliphatic rings. The van der Waals surface area contributed by atoms with Gasteiger partial charge in [0, 0.05) is 19.6 Å². The molecule has 24 heteroatoms. The van der Waals surface area contributed by atoms with Crippen LogP contribution in [-0.2, 0) is 41.5 Å². The molecule has 1 rings (SSSR count). The van der Waals surface area contributed by atoms with Gasteiger partial charge < -0.3 is 59.5 Å². The van der Waals surface area contributed by atoms with Crippen LogP contribution in [0.1, 0.15) is 59.3 Å². The van der Waals surface area contributed by atoms with Gasteiger partial charge in [-0.3, -0.25) is 13.6 Å². The van der Waals surface area contributed by atoms with Crippen LogP contribution in [0.25, 0.3) is 0 Å². The lowest BCUT2D eigenvalue weighted by atomic mass is 9.84. The van der Waals surface area contributed by atoms with Gasteiger partial charge in [0.05, 0.1) is 0 Å². The summed E-state index contributed by atoms with van der Waals surface area (Å²) in [7, 11) is -17.2. The Morgan fingerprint density at radius 1 is 0.489 bits per heavy atom. The second kappa shape index (κ2) is 19.1. The van der Waals surface area contributed by atoms with Gasteiger partial charge in [0.15, 0.2) is 18.3 Å². The molecule has 0 heterocycles. The molecule has 45 heavy (non-hydrogen) atoms. The van der Waals surface area contributed by atoms with Gasteiger partial charge in [-0.25, -0.2) is 28.1 Å². The molecule has 6 atom stereocenters. The Morgan fingerprint density at radius 3 is 0.933 bits per heavy atom. The third-order valence-corrected chi connectivity index (χ3v) is 7.40. The SMILES string of the molecule is CCCCNC(=O)OC1[C@@H](OC(=O)NCCCC)[C@H](OP(=O)(O)O)C(OP(=O)(O)O)[C@H](OP(=O)(O)O)[C@@H]1OC(=O)NCCCC. The minimum absolute atomic E-state index is 0.0151. The molecule has 2 unspecified atom stereocenters. The number of rotatable bonds is 18. The summed E-state index contributed by atoms with van der Waals surface area (Å²) in [6, 6.07) is 0. The third-order valence-electron chi connectivity index (χ3n) is 5.85. The van der Waals surface area contributed by atoms with Crippen LogP contribution in [0.4, 0.5) is 14.4 Å². The molecule has 1 saturated carbocycles. The molecule has 264 valence electrons. The van der Waals surface area contributed by atoms with E-state index in [9.17, 15) is 57.4 Å². The molecule has 1 fully saturated rings. The highest BCUT2D eigenvalue weighted by atomic mass is 31.2. The summed E-state index contributed by atoms with van der Waals surface area (Å²) < 4.78 is 65.7. The largest absolute Gasteiger partial charge is 0.470 e. The van der Waals surface area contributed by atoms with E-state index in [0.29, 0.717) is 38.5 Å². The van der Waals surface area contributed by atoms with Crippen molar-refractivity contribution in [1.29, 1.82) is 0 Å². The number of phosphoric acid groups is 3. The number of phosphoric ester groups is 3. The molecule has 0 saturated heterocycles. The molecule has 0 spiro atoms. The van der Waals surface area contributed by atoms with E-state index in [2.05, 4.69) is 29.5 Å². The third kappa shape index (κ3) is 16.5. The maximum Gasteiger partial charge on any atom is 0.470 e. The summed E-state index contributed by atoms with van der Waals surface area (Å²) in [6.45, 7) is 5.44. The normalized spacial score (nSPS) is 23.9. The monoisotopic (exact) mass is 717 g/mol. The highest BCUT2D eigenvalue weighted by molar-refractivity contribution is 7.47. The Bertz CT molecular complexity index is 1040. The molecule has 9 N–H and O–H groups in total. The fraction of sp³-hybridized carbons (Fsp3) is 0.857. The molecule has 3 amide bonds. The number of hydrogen-bond donors (Lipinski definition) is 9. The number of carbonyl (C=O) groups excluding carboxylic acids is 3. The Kier molecular flexibility index (Phi) is 17.5. The standard InChI is InChI=1S/C21H42N3O18P3/c1-4-7-10-22-19(25)37-13-14(38-20(26)23-11-8-5-2)16(40-43(28,29)30)18(42-45(34,35)36)17(41-44(31,32)33)15(13)39-21(27)24-12-9-6-3/h13-18H,4-12H2,1-3H3,(H,22,25)(H,23,26)(H,24,27)(H2,28,29,30)(H2,31,32,33)(H2,34,35,36)/t13?,14-,15-,16-,17+,18?/m1/s1. The van der Waals surface area contributed by atoms with Crippen molar-refractivity contribution in [3.8, 4) is 0 Å². The van der Waals surface area contributed by atoms with Crippen LogP contribution in [0.2, 0.25) is 0 Å². The smallest absolute Gasteiger partial charge is 0.439 e. The van der Waals surface area contributed by atoms with Gasteiger partial charge in [-0.05, 0) is 19.3 Å². The Hall–Kier alpha value is -1.86. The van der Waals surface area contributed by atoms with E-state index in [4.69, 9.17) is 14.2 Å². The van der Waals surface area contributed by atoms with Gasteiger partial charge in [0.1, 0.15) is 18.3 Å². The van der Waals surface area contributed by atoms with Gasteiger partial charge >= 0.3 is 41.7 Å². The van der Waals surface area contributed by atoms with E-state index in [0.717, 1.165) is 0 Å². The van der Waals surface area contributed by atoms with Gasteiger partial charge in [-0.1, -0.05) is 40.0 Å². The molecule has 0 bridgehead atoms. The summed E-state index contributed by atoms with van der Waals surface area (Å²) in [5, 5.41) is 6.91. The van der Waals surface area contributed by atoms with E-state index in [1.165, 1.54) is 0 Å². The van der Waals surface area contributed by atoms with E-state index >= 15 is 0 Å². The minimum atomic E-state index is -5.77. The Morgan fingerprint density at radius 2 is 0.711 bits per heavy atom. The van der Waals surface area contributed by atoms with Crippen molar-refractivity contribution in [2.45, 2.75) is 95.9 Å². The molecule has 1 aliphatic carbocycles. The van der Waals surface area contributed by atoms with E-state index in [1.807, 2.05) is 0 Å². The summed E-state index contributed by atoms with van der Waals surface area (Å²) >= 11 is 0. The lowest BCUT2D eigenvalue weighted by Gasteiger charge is -2.47. The first-order chi connectivity index (χ1) is 20.8. The molecule has 0 aromatic rings. The Labute approximate surface area is 258 Å². The summed E-state index contributed by atoms with van der Waals surface area (Å²) in [4.78, 5) is 96.1. The van der Waals surface area contributed by atoms with Gasteiger partial charge in [-0.15, -0.1) is 0 Å². The molecule has 0 aromatic carbocycles. The average Bonchev–Trinajstić information content (AvgIpc) is 2.88. The lowest BCUT2D eigenvalue weighted by Crippen LogP contribution is -2.68. The van der Waals surface area contributed by atoms with Gasteiger partial charge in [0.2, 0.25) is 0 Å². The first-order valence-electron chi connectivity index (χ1n) is 13.9.